The number of rotatable bonds is 6. The van der Waals surface area contributed by atoms with E-state index in [1.807, 2.05) is 47.4 Å². The van der Waals surface area contributed by atoms with Crippen molar-refractivity contribution in [1.29, 1.82) is 0 Å². The van der Waals surface area contributed by atoms with Gasteiger partial charge in [0.2, 0.25) is 0 Å². The largest absolute Gasteiger partial charge is 0.427 e. The van der Waals surface area contributed by atoms with Gasteiger partial charge in [-0.25, -0.2) is 0 Å². The summed E-state index contributed by atoms with van der Waals surface area (Å²) in [5, 5.41) is 2.96. The maximum absolute atomic E-state index is 12.9. The van der Waals surface area contributed by atoms with Crippen molar-refractivity contribution in [2.24, 2.45) is 5.92 Å². The standard InChI is InChI=1S/C28H28N2O4/c1-20(31)34-26-9-5-8-25(18-26)27(32)29-19-21-14-16-30(17-15-21)28(33)24-12-10-23(11-13-24)22-6-3-2-4-7-22/h2-13,18,21H,14-17,19H2,1H3,(H,29,32). The molecule has 0 aromatic heterocycles. The van der Waals surface area contributed by atoms with Gasteiger partial charge in [0, 0.05) is 37.7 Å². The van der Waals surface area contributed by atoms with Crippen LogP contribution < -0.4 is 10.1 Å². The highest BCUT2D eigenvalue weighted by atomic mass is 16.5. The Morgan fingerprint density at radius 3 is 2.21 bits per heavy atom. The quantitative estimate of drug-likeness (QED) is 0.436. The third-order valence-corrected chi connectivity index (χ3v) is 6.05. The number of piperidine rings is 1. The van der Waals surface area contributed by atoms with Crippen LogP contribution in [0.2, 0.25) is 0 Å². The van der Waals surface area contributed by atoms with Crippen molar-refractivity contribution in [3.63, 3.8) is 0 Å². The second kappa shape index (κ2) is 10.8. The molecule has 0 aliphatic carbocycles. The molecule has 4 rings (SSSR count). The van der Waals surface area contributed by atoms with Crippen LogP contribution in [0.1, 0.15) is 40.5 Å². The lowest BCUT2D eigenvalue weighted by atomic mass is 9.96. The molecule has 6 heteroatoms. The zero-order chi connectivity index (χ0) is 23.9. The second-order valence-corrected chi connectivity index (χ2v) is 8.51. The van der Waals surface area contributed by atoms with Crippen LogP contribution in [0.25, 0.3) is 11.1 Å². The van der Waals surface area contributed by atoms with Crippen LogP contribution in [0.15, 0.2) is 78.9 Å². The number of hydrogen-bond acceptors (Lipinski definition) is 4. The molecule has 1 heterocycles. The highest BCUT2D eigenvalue weighted by Gasteiger charge is 2.24. The fraction of sp³-hybridized carbons (Fsp3) is 0.250. The summed E-state index contributed by atoms with van der Waals surface area (Å²) >= 11 is 0. The fourth-order valence-corrected chi connectivity index (χ4v) is 4.16. The molecule has 1 aliphatic heterocycles. The summed E-state index contributed by atoms with van der Waals surface area (Å²) in [6.07, 6.45) is 1.67. The summed E-state index contributed by atoms with van der Waals surface area (Å²) in [7, 11) is 0. The molecule has 0 unspecified atom stereocenters. The molecular weight excluding hydrogens is 428 g/mol. The number of likely N-dealkylation sites (tertiary alicyclic amines) is 1. The molecule has 1 saturated heterocycles. The van der Waals surface area contributed by atoms with Crippen LogP contribution in [0.3, 0.4) is 0 Å². The number of amides is 2. The van der Waals surface area contributed by atoms with Gasteiger partial charge in [-0.15, -0.1) is 0 Å². The number of carbonyl (C=O) groups excluding carboxylic acids is 3. The molecule has 34 heavy (non-hydrogen) atoms. The Labute approximate surface area is 199 Å². The number of benzene rings is 3. The van der Waals surface area contributed by atoms with Crippen molar-refractivity contribution in [2.75, 3.05) is 19.6 Å². The molecule has 3 aromatic rings. The molecule has 2 amide bonds. The molecule has 1 fully saturated rings. The summed E-state index contributed by atoms with van der Waals surface area (Å²) in [6.45, 7) is 3.21. The first kappa shape index (κ1) is 23.2. The smallest absolute Gasteiger partial charge is 0.308 e. The van der Waals surface area contributed by atoms with Crippen LogP contribution >= 0.6 is 0 Å². The molecule has 0 bridgehead atoms. The van der Waals surface area contributed by atoms with Gasteiger partial charge in [-0.1, -0.05) is 48.5 Å². The van der Waals surface area contributed by atoms with Crippen molar-refractivity contribution >= 4 is 17.8 Å². The molecule has 6 nitrogen and oxygen atoms in total. The molecule has 0 atom stereocenters. The van der Waals surface area contributed by atoms with Gasteiger partial charge in [0.05, 0.1) is 0 Å². The van der Waals surface area contributed by atoms with Crippen molar-refractivity contribution in [3.05, 3.63) is 90.0 Å². The highest BCUT2D eigenvalue weighted by Crippen LogP contribution is 2.22. The van der Waals surface area contributed by atoms with E-state index in [0.717, 1.165) is 24.0 Å². The van der Waals surface area contributed by atoms with Gasteiger partial charge in [0.15, 0.2) is 0 Å². The molecule has 174 valence electrons. The van der Waals surface area contributed by atoms with Crippen molar-refractivity contribution in [1.82, 2.24) is 10.2 Å². The van der Waals surface area contributed by atoms with Crippen LogP contribution in [0.4, 0.5) is 0 Å². The van der Waals surface area contributed by atoms with Crippen molar-refractivity contribution in [3.8, 4) is 16.9 Å². The first-order chi connectivity index (χ1) is 16.5. The van der Waals surface area contributed by atoms with Gasteiger partial charge < -0.3 is 15.0 Å². The Hall–Kier alpha value is -3.93. The maximum Gasteiger partial charge on any atom is 0.308 e. The third-order valence-electron chi connectivity index (χ3n) is 6.05. The van der Waals surface area contributed by atoms with E-state index >= 15 is 0 Å². The molecule has 0 radical (unpaired) electrons. The van der Waals surface area contributed by atoms with E-state index in [9.17, 15) is 14.4 Å². The monoisotopic (exact) mass is 456 g/mol. The maximum atomic E-state index is 12.9. The van der Waals surface area contributed by atoms with Gasteiger partial charge in [0.1, 0.15) is 5.75 Å². The van der Waals surface area contributed by atoms with E-state index in [0.29, 0.717) is 42.4 Å². The summed E-state index contributed by atoms with van der Waals surface area (Å²) < 4.78 is 5.04. The molecule has 0 spiro atoms. The van der Waals surface area contributed by atoms with Crippen LogP contribution in [-0.4, -0.2) is 42.3 Å². The topological polar surface area (TPSA) is 75.7 Å². The Bertz CT molecular complexity index is 1150. The fourth-order valence-electron chi connectivity index (χ4n) is 4.16. The number of nitrogens with one attached hydrogen (secondary N) is 1. The van der Waals surface area contributed by atoms with E-state index in [1.165, 1.54) is 6.92 Å². The second-order valence-electron chi connectivity index (χ2n) is 8.51. The number of ether oxygens (including phenoxy) is 1. The minimum absolute atomic E-state index is 0.0457. The van der Waals surface area contributed by atoms with E-state index < -0.39 is 5.97 Å². The van der Waals surface area contributed by atoms with E-state index in [4.69, 9.17) is 4.74 Å². The predicted octanol–water partition coefficient (Wildman–Crippen LogP) is 4.56. The number of carbonyl (C=O) groups is 3. The minimum Gasteiger partial charge on any atom is -0.427 e. The zero-order valence-corrected chi connectivity index (χ0v) is 19.2. The van der Waals surface area contributed by atoms with Crippen LogP contribution in [0.5, 0.6) is 5.75 Å². The van der Waals surface area contributed by atoms with Crippen molar-refractivity contribution < 1.29 is 19.1 Å². The van der Waals surface area contributed by atoms with Crippen LogP contribution in [-0.2, 0) is 4.79 Å². The summed E-state index contributed by atoms with van der Waals surface area (Å²) in [6, 6.07) is 24.4. The third kappa shape index (κ3) is 5.90. The molecule has 3 aromatic carbocycles. The molecular formula is C28H28N2O4. The van der Waals surface area contributed by atoms with Crippen LogP contribution in [0, 0.1) is 5.92 Å². The van der Waals surface area contributed by atoms with Gasteiger partial charge in [-0.2, -0.15) is 0 Å². The minimum atomic E-state index is -0.425. The lowest BCUT2D eigenvalue weighted by Crippen LogP contribution is -2.41. The lowest BCUT2D eigenvalue weighted by molar-refractivity contribution is -0.131. The Morgan fingerprint density at radius 2 is 1.53 bits per heavy atom. The number of nitrogens with zero attached hydrogens (tertiary/aromatic N) is 1. The molecule has 0 saturated carbocycles. The van der Waals surface area contributed by atoms with Gasteiger partial charge in [-0.05, 0) is 60.2 Å². The van der Waals surface area contributed by atoms with Gasteiger partial charge in [0.25, 0.3) is 11.8 Å². The highest BCUT2D eigenvalue weighted by molar-refractivity contribution is 5.95. The lowest BCUT2D eigenvalue weighted by Gasteiger charge is -2.32. The normalized spacial score (nSPS) is 13.9. The summed E-state index contributed by atoms with van der Waals surface area (Å²) in [5.74, 6) is 0.0790. The van der Waals surface area contributed by atoms with Gasteiger partial charge >= 0.3 is 5.97 Å². The summed E-state index contributed by atoms with van der Waals surface area (Å²) in [5.41, 5.74) is 3.36. The SMILES string of the molecule is CC(=O)Oc1cccc(C(=O)NCC2CCN(C(=O)c3ccc(-c4ccccc4)cc3)CC2)c1. The Balaban J connectivity index is 1.26. The van der Waals surface area contributed by atoms with Gasteiger partial charge in [-0.3, -0.25) is 14.4 Å². The molecule has 1 aliphatic rings. The average molecular weight is 457 g/mol. The zero-order valence-electron chi connectivity index (χ0n) is 19.2. The van der Waals surface area contributed by atoms with E-state index in [-0.39, 0.29) is 11.8 Å². The molecule has 1 N–H and O–H groups in total. The Morgan fingerprint density at radius 1 is 0.853 bits per heavy atom. The average Bonchev–Trinajstić information content (AvgIpc) is 2.87. The number of hydrogen-bond donors (Lipinski definition) is 1. The van der Waals surface area contributed by atoms with E-state index in [1.54, 1.807) is 24.3 Å². The Kier molecular flexibility index (Phi) is 7.38. The van der Waals surface area contributed by atoms with Crippen molar-refractivity contribution in [2.45, 2.75) is 19.8 Å². The first-order valence-corrected chi connectivity index (χ1v) is 11.5. The predicted molar refractivity (Wildman–Crippen MR) is 131 cm³/mol. The van der Waals surface area contributed by atoms with E-state index in [2.05, 4.69) is 17.4 Å². The first-order valence-electron chi connectivity index (χ1n) is 11.5. The summed E-state index contributed by atoms with van der Waals surface area (Å²) in [4.78, 5) is 38.4. The number of esters is 1.